The van der Waals surface area contributed by atoms with Crippen LogP contribution in [0.25, 0.3) is 0 Å². The Bertz CT molecular complexity index is 637. The number of carbonyl (C=O) groups excluding carboxylic acids is 1. The predicted octanol–water partition coefficient (Wildman–Crippen LogP) is 3.52. The molecular formula is C19H22O4. The zero-order chi connectivity index (χ0) is 16.9. The molecule has 4 heteroatoms. The summed E-state index contributed by atoms with van der Waals surface area (Å²) in [7, 11) is 4.76. The van der Waals surface area contributed by atoms with Crippen molar-refractivity contribution in [2.75, 3.05) is 21.3 Å². The first-order valence-corrected chi connectivity index (χ1v) is 7.40. The summed E-state index contributed by atoms with van der Waals surface area (Å²) in [6.07, 6.45) is 7.16. The minimum Gasteiger partial charge on any atom is -0.500 e. The van der Waals surface area contributed by atoms with Gasteiger partial charge in [0.05, 0.1) is 13.0 Å². The highest BCUT2D eigenvalue weighted by molar-refractivity contribution is 6.04. The molecule has 0 saturated carbocycles. The van der Waals surface area contributed by atoms with Gasteiger partial charge >= 0.3 is 0 Å². The number of benzene rings is 1. The van der Waals surface area contributed by atoms with Crippen LogP contribution in [0.15, 0.2) is 66.0 Å². The summed E-state index contributed by atoms with van der Waals surface area (Å²) in [6, 6.07) is 9.16. The molecule has 0 aromatic heterocycles. The largest absolute Gasteiger partial charge is 0.500 e. The number of hydrogen-bond acceptors (Lipinski definition) is 4. The van der Waals surface area contributed by atoms with Crippen molar-refractivity contribution in [3.8, 4) is 0 Å². The van der Waals surface area contributed by atoms with Crippen molar-refractivity contribution >= 4 is 5.78 Å². The summed E-state index contributed by atoms with van der Waals surface area (Å²) in [6.45, 7) is 1.93. The first-order valence-electron chi connectivity index (χ1n) is 7.40. The Morgan fingerprint density at radius 3 is 2.35 bits per heavy atom. The van der Waals surface area contributed by atoms with E-state index in [9.17, 15) is 4.79 Å². The molecule has 23 heavy (non-hydrogen) atoms. The molecule has 0 fully saturated rings. The van der Waals surface area contributed by atoms with Gasteiger partial charge in [0.2, 0.25) is 5.79 Å². The van der Waals surface area contributed by atoms with Crippen LogP contribution in [-0.4, -0.2) is 32.9 Å². The fourth-order valence-electron chi connectivity index (χ4n) is 2.62. The molecular weight excluding hydrogens is 292 g/mol. The van der Waals surface area contributed by atoms with Gasteiger partial charge in [-0.2, -0.15) is 0 Å². The maximum absolute atomic E-state index is 12.2. The zero-order valence-corrected chi connectivity index (χ0v) is 13.9. The lowest BCUT2D eigenvalue weighted by molar-refractivity contribution is -0.145. The van der Waals surface area contributed by atoms with Gasteiger partial charge in [0.1, 0.15) is 5.76 Å². The quantitative estimate of drug-likeness (QED) is 0.349. The summed E-state index contributed by atoms with van der Waals surface area (Å²) >= 11 is 0. The number of carbonyl (C=O) groups is 1. The van der Waals surface area contributed by atoms with Gasteiger partial charge in [-0.3, -0.25) is 4.79 Å². The van der Waals surface area contributed by atoms with E-state index in [4.69, 9.17) is 14.2 Å². The van der Waals surface area contributed by atoms with Crippen LogP contribution in [0, 0.1) is 5.92 Å². The molecule has 1 unspecified atom stereocenters. The van der Waals surface area contributed by atoms with E-state index in [1.165, 1.54) is 0 Å². The lowest BCUT2D eigenvalue weighted by Gasteiger charge is -2.34. The van der Waals surface area contributed by atoms with Crippen molar-refractivity contribution in [2.45, 2.75) is 12.7 Å². The minimum absolute atomic E-state index is 0.0394. The minimum atomic E-state index is -0.918. The SMILES string of the molecule is COC1=CC(OC)(OC)C(C)=CC1/C=C/C(=O)c1ccccc1. The molecule has 1 aromatic rings. The molecule has 1 aliphatic rings. The fourth-order valence-corrected chi connectivity index (χ4v) is 2.62. The van der Waals surface area contributed by atoms with E-state index in [1.807, 2.05) is 37.3 Å². The van der Waals surface area contributed by atoms with Gasteiger partial charge < -0.3 is 14.2 Å². The molecule has 0 amide bonds. The summed E-state index contributed by atoms with van der Waals surface area (Å²) < 4.78 is 16.4. The summed E-state index contributed by atoms with van der Waals surface area (Å²) in [5, 5.41) is 0. The summed E-state index contributed by atoms with van der Waals surface area (Å²) in [5.41, 5.74) is 1.57. The van der Waals surface area contributed by atoms with E-state index >= 15 is 0 Å². The Morgan fingerprint density at radius 1 is 1.13 bits per heavy atom. The number of ketones is 1. The van der Waals surface area contributed by atoms with E-state index in [1.54, 1.807) is 45.6 Å². The smallest absolute Gasteiger partial charge is 0.213 e. The molecule has 0 spiro atoms. The van der Waals surface area contributed by atoms with Crippen molar-refractivity contribution in [1.29, 1.82) is 0 Å². The monoisotopic (exact) mass is 314 g/mol. The van der Waals surface area contributed by atoms with Crippen LogP contribution in [0.3, 0.4) is 0 Å². The molecule has 1 atom stereocenters. The molecule has 0 radical (unpaired) electrons. The Labute approximate surface area is 137 Å². The van der Waals surface area contributed by atoms with Crippen LogP contribution >= 0.6 is 0 Å². The van der Waals surface area contributed by atoms with E-state index in [0.29, 0.717) is 11.3 Å². The summed E-state index contributed by atoms with van der Waals surface area (Å²) in [4.78, 5) is 12.2. The van der Waals surface area contributed by atoms with Gasteiger partial charge in [0.25, 0.3) is 0 Å². The van der Waals surface area contributed by atoms with Gasteiger partial charge in [-0.1, -0.05) is 42.5 Å². The normalized spacial score (nSPS) is 20.1. The molecule has 0 heterocycles. The van der Waals surface area contributed by atoms with Crippen molar-refractivity contribution in [1.82, 2.24) is 0 Å². The van der Waals surface area contributed by atoms with Crippen LogP contribution in [0.5, 0.6) is 0 Å². The first-order chi connectivity index (χ1) is 11.1. The molecule has 0 bridgehead atoms. The third-order valence-electron chi connectivity index (χ3n) is 4.00. The summed E-state index contributed by atoms with van der Waals surface area (Å²) in [5.74, 6) is -0.413. The molecule has 122 valence electrons. The molecule has 2 rings (SSSR count). The maximum Gasteiger partial charge on any atom is 0.213 e. The highest BCUT2D eigenvalue weighted by Gasteiger charge is 2.35. The van der Waals surface area contributed by atoms with E-state index < -0.39 is 5.79 Å². The van der Waals surface area contributed by atoms with Crippen molar-refractivity contribution in [3.05, 3.63) is 71.5 Å². The number of methoxy groups -OCH3 is 3. The highest BCUT2D eigenvalue weighted by Crippen LogP contribution is 2.34. The van der Waals surface area contributed by atoms with E-state index in [0.717, 1.165) is 5.57 Å². The van der Waals surface area contributed by atoms with Crippen LogP contribution in [-0.2, 0) is 14.2 Å². The average molecular weight is 314 g/mol. The second-order valence-corrected chi connectivity index (χ2v) is 5.29. The molecule has 1 aliphatic carbocycles. The highest BCUT2D eigenvalue weighted by atomic mass is 16.7. The lowest BCUT2D eigenvalue weighted by Crippen LogP contribution is -2.36. The zero-order valence-electron chi connectivity index (χ0n) is 13.9. The number of hydrogen-bond donors (Lipinski definition) is 0. The molecule has 1 aromatic carbocycles. The Balaban J connectivity index is 2.23. The van der Waals surface area contributed by atoms with Crippen molar-refractivity contribution in [2.24, 2.45) is 5.92 Å². The number of ether oxygens (including phenoxy) is 3. The number of rotatable bonds is 6. The lowest BCUT2D eigenvalue weighted by atomic mass is 9.90. The molecule has 0 saturated heterocycles. The van der Waals surface area contributed by atoms with Crippen LogP contribution < -0.4 is 0 Å². The fraction of sp³-hybridized carbons (Fsp3) is 0.316. The third-order valence-corrected chi connectivity index (χ3v) is 4.00. The number of allylic oxidation sites excluding steroid dienone is 2. The van der Waals surface area contributed by atoms with Crippen molar-refractivity contribution in [3.63, 3.8) is 0 Å². The van der Waals surface area contributed by atoms with Crippen LogP contribution in [0.1, 0.15) is 17.3 Å². The Hall–Kier alpha value is -2.17. The van der Waals surface area contributed by atoms with Crippen LogP contribution in [0.2, 0.25) is 0 Å². The third kappa shape index (κ3) is 3.60. The van der Waals surface area contributed by atoms with Gasteiger partial charge in [-0.15, -0.1) is 0 Å². The molecule has 0 N–H and O–H groups in total. The van der Waals surface area contributed by atoms with Crippen LogP contribution in [0.4, 0.5) is 0 Å². The second-order valence-electron chi connectivity index (χ2n) is 5.29. The van der Waals surface area contributed by atoms with Gasteiger partial charge in [-0.25, -0.2) is 0 Å². The standard InChI is InChI=1S/C19H22O4/c1-14-12-16(18(21-2)13-19(14,22-3)23-4)10-11-17(20)15-8-6-5-7-9-15/h5-13,16H,1-4H3/b11-10+. The van der Waals surface area contributed by atoms with Gasteiger partial charge in [-0.05, 0) is 18.6 Å². The van der Waals surface area contributed by atoms with Crippen molar-refractivity contribution < 1.29 is 19.0 Å². The maximum atomic E-state index is 12.2. The first kappa shape index (κ1) is 17.2. The second kappa shape index (κ2) is 7.40. The van der Waals surface area contributed by atoms with E-state index in [2.05, 4.69) is 0 Å². The Kier molecular flexibility index (Phi) is 5.53. The topological polar surface area (TPSA) is 44.8 Å². The Morgan fingerprint density at radius 2 is 1.78 bits per heavy atom. The average Bonchev–Trinajstić information content (AvgIpc) is 2.60. The molecule has 4 nitrogen and oxygen atoms in total. The molecule has 0 aliphatic heterocycles. The van der Waals surface area contributed by atoms with E-state index in [-0.39, 0.29) is 11.7 Å². The predicted molar refractivity (Wildman–Crippen MR) is 89.0 cm³/mol. The van der Waals surface area contributed by atoms with Gasteiger partial charge in [0, 0.05) is 25.9 Å². The van der Waals surface area contributed by atoms with Gasteiger partial charge in [0.15, 0.2) is 5.78 Å².